The molecule has 1 atom stereocenters. The highest BCUT2D eigenvalue weighted by Gasteiger charge is 2.33. The number of halogens is 3. The second-order valence-electron chi connectivity index (χ2n) is 7.47. The molecule has 5 nitrogen and oxygen atoms in total. The van der Waals surface area contributed by atoms with E-state index in [2.05, 4.69) is 10.2 Å². The highest BCUT2D eigenvalue weighted by Crippen LogP contribution is 2.42. The Bertz CT molecular complexity index is 825. The smallest absolute Gasteiger partial charge is 0.389 e. The first-order chi connectivity index (χ1) is 14.9. The zero-order chi connectivity index (χ0) is 22.3. The molecule has 0 aliphatic carbocycles. The Morgan fingerprint density at radius 1 is 0.968 bits per heavy atom. The number of hydrogen-bond acceptors (Lipinski definition) is 5. The number of hydrogen-bond donors (Lipinski definition) is 1. The van der Waals surface area contributed by atoms with E-state index in [0.29, 0.717) is 42.5 Å². The molecule has 31 heavy (non-hydrogen) atoms. The fourth-order valence-electron chi connectivity index (χ4n) is 3.83. The van der Waals surface area contributed by atoms with Crippen LogP contribution in [0.2, 0.25) is 0 Å². The highest BCUT2D eigenvalue weighted by atomic mass is 19.4. The van der Waals surface area contributed by atoms with E-state index in [4.69, 9.17) is 14.2 Å². The molecule has 2 aromatic rings. The molecule has 0 amide bonds. The Kier molecular flexibility index (Phi) is 8.03. The van der Waals surface area contributed by atoms with Gasteiger partial charge in [0.2, 0.25) is 0 Å². The number of methoxy groups -OCH3 is 2. The van der Waals surface area contributed by atoms with Crippen molar-refractivity contribution in [1.29, 1.82) is 0 Å². The first kappa shape index (κ1) is 23.2. The standard InChI is InChI=1S/C23H29F3N2O3/c1-29-21-14-18(19(8-9-23(24,25)26)28-12-10-27-11-13-28)20(15-22(21)30-2)31-16-17-6-4-3-5-7-17/h3-7,14-15,19,27H,8-13,16H2,1-2H3/t19-/m0/s1. The van der Waals surface area contributed by atoms with E-state index in [1.807, 2.05) is 30.3 Å². The van der Waals surface area contributed by atoms with Gasteiger partial charge in [-0.1, -0.05) is 30.3 Å². The average molecular weight is 438 g/mol. The molecule has 0 unspecified atom stereocenters. The summed E-state index contributed by atoms with van der Waals surface area (Å²) in [6.45, 7) is 3.09. The van der Waals surface area contributed by atoms with Crippen molar-refractivity contribution in [3.8, 4) is 17.2 Å². The van der Waals surface area contributed by atoms with E-state index < -0.39 is 18.6 Å². The van der Waals surface area contributed by atoms with Gasteiger partial charge in [-0.05, 0) is 18.1 Å². The number of ether oxygens (including phenoxy) is 3. The molecule has 3 rings (SSSR count). The van der Waals surface area contributed by atoms with Gasteiger partial charge in [0.25, 0.3) is 0 Å². The number of benzene rings is 2. The second kappa shape index (κ2) is 10.7. The molecule has 0 radical (unpaired) electrons. The van der Waals surface area contributed by atoms with Gasteiger partial charge in [-0.25, -0.2) is 0 Å². The van der Waals surface area contributed by atoms with Crippen molar-refractivity contribution in [2.75, 3.05) is 40.4 Å². The molecule has 1 N–H and O–H groups in total. The Labute approximate surface area is 181 Å². The lowest BCUT2D eigenvalue weighted by molar-refractivity contribution is -0.138. The molecule has 1 fully saturated rings. The molecular formula is C23H29F3N2O3. The van der Waals surface area contributed by atoms with Gasteiger partial charge in [-0.3, -0.25) is 4.90 Å². The summed E-state index contributed by atoms with van der Waals surface area (Å²) in [5, 5.41) is 3.26. The minimum absolute atomic E-state index is 0.0549. The summed E-state index contributed by atoms with van der Waals surface area (Å²) in [6, 6.07) is 12.7. The number of nitrogens with one attached hydrogen (secondary N) is 1. The number of nitrogens with zero attached hydrogens (tertiary/aromatic N) is 1. The number of piperazine rings is 1. The minimum atomic E-state index is -4.23. The quantitative estimate of drug-likeness (QED) is 0.621. The third kappa shape index (κ3) is 6.51. The van der Waals surface area contributed by atoms with Crippen LogP contribution in [0.5, 0.6) is 17.2 Å². The van der Waals surface area contributed by atoms with Gasteiger partial charge in [0, 0.05) is 50.3 Å². The summed E-state index contributed by atoms with van der Waals surface area (Å²) >= 11 is 0. The van der Waals surface area contributed by atoms with Gasteiger partial charge in [0.1, 0.15) is 12.4 Å². The minimum Gasteiger partial charge on any atom is -0.493 e. The van der Waals surface area contributed by atoms with Crippen LogP contribution in [-0.4, -0.2) is 51.5 Å². The van der Waals surface area contributed by atoms with E-state index in [-0.39, 0.29) is 6.42 Å². The van der Waals surface area contributed by atoms with Crippen molar-refractivity contribution >= 4 is 0 Å². The number of alkyl halides is 3. The van der Waals surface area contributed by atoms with E-state index in [0.717, 1.165) is 18.7 Å². The van der Waals surface area contributed by atoms with Crippen LogP contribution in [-0.2, 0) is 6.61 Å². The van der Waals surface area contributed by atoms with E-state index in [9.17, 15) is 13.2 Å². The van der Waals surface area contributed by atoms with Crippen molar-refractivity contribution in [1.82, 2.24) is 10.2 Å². The van der Waals surface area contributed by atoms with Crippen LogP contribution in [0.3, 0.4) is 0 Å². The molecule has 0 spiro atoms. The summed E-state index contributed by atoms with van der Waals surface area (Å²) in [7, 11) is 3.04. The third-order valence-corrected chi connectivity index (χ3v) is 5.41. The Hall–Kier alpha value is -2.45. The first-order valence-corrected chi connectivity index (χ1v) is 10.4. The fourth-order valence-corrected chi connectivity index (χ4v) is 3.83. The number of rotatable bonds is 9. The Morgan fingerprint density at radius 3 is 2.23 bits per heavy atom. The fraction of sp³-hybridized carbons (Fsp3) is 0.478. The van der Waals surface area contributed by atoms with E-state index in [1.165, 1.54) is 14.2 Å². The molecule has 1 aliphatic rings. The molecule has 170 valence electrons. The van der Waals surface area contributed by atoms with Crippen LogP contribution in [0.15, 0.2) is 42.5 Å². The lowest BCUT2D eigenvalue weighted by Crippen LogP contribution is -2.45. The Balaban J connectivity index is 1.97. The SMILES string of the molecule is COc1cc(OCc2ccccc2)c([C@H](CCC(F)(F)F)N2CCNCC2)cc1OC. The highest BCUT2D eigenvalue weighted by molar-refractivity contribution is 5.52. The molecule has 0 aromatic heterocycles. The second-order valence-corrected chi connectivity index (χ2v) is 7.47. The van der Waals surface area contributed by atoms with Gasteiger partial charge >= 0.3 is 6.18 Å². The van der Waals surface area contributed by atoms with Crippen LogP contribution < -0.4 is 19.5 Å². The first-order valence-electron chi connectivity index (χ1n) is 10.4. The van der Waals surface area contributed by atoms with Gasteiger partial charge < -0.3 is 19.5 Å². The zero-order valence-electron chi connectivity index (χ0n) is 17.9. The zero-order valence-corrected chi connectivity index (χ0v) is 17.9. The van der Waals surface area contributed by atoms with Gasteiger partial charge in [0.15, 0.2) is 11.5 Å². The van der Waals surface area contributed by atoms with E-state index in [1.54, 1.807) is 12.1 Å². The van der Waals surface area contributed by atoms with Crippen molar-refractivity contribution in [2.24, 2.45) is 0 Å². The predicted octanol–water partition coefficient (Wildman–Crippen LogP) is 4.57. The van der Waals surface area contributed by atoms with Crippen LogP contribution in [0, 0.1) is 0 Å². The molecule has 1 saturated heterocycles. The summed E-state index contributed by atoms with van der Waals surface area (Å²) in [6.07, 6.45) is -5.15. The summed E-state index contributed by atoms with van der Waals surface area (Å²) in [5.41, 5.74) is 1.65. The maximum atomic E-state index is 13.1. The topological polar surface area (TPSA) is 43.0 Å². The van der Waals surface area contributed by atoms with Crippen molar-refractivity contribution in [2.45, 2.75) is 31.7 Å². The molecule has 0 bridgehead atoms. The van der Waals surface area contributed by atoms with Crippen molar-refractivity contribution in [3.05, 3.63) is 53.6 Å². The van der Waals surface area contributed by atoms with Gasteiger partial charge in [-0.2, -0.15) is 13.2 Å². The third-order valence-electron chi connectivity index (χ3n) is 5.41. The van der Waals surface area contributed by atoms with Crippen LogP contribution in [0.25, 0.3) is 0 Å². The largest absolute Gasteiger partial charge is 0.493 e. The van der Waals surface area contributed by atoms with Crippen LogP contribution in [0.1, 0.15) is 30.0 Å². The van der Waals surface area contributed by atoms with Gasteiger partial charge in [0.05, 0.1) is 14.2 Å². The monoisotopic (exact) mass is 438 g/mol. The molecule has 2 aromatic carbocycles. The lowest BCUT2D eigenvalue weighted by atomic mass is 9.97. The maximum Gasteiger partial charge on any atom is 0.389 e. The molecular weight excluding hydrogens is 409 g/mol. The predicted molar refractivity (Wildman–Crippen MR) is 113 cm³/mol. The average Bonchev–Trinajstić information content (AvgIpc) is 2.78. The van der Waals surface area contributed by atoms with Crippen molar-refractivity contribution < 1.29 is 27.4 Å². The van der Waals surface area contributed by atoms with Gasteiger partial charge in [-0.15, -0.1) is 0 Å². The molecule has 8 heteroatoms. The van der Waals surface area contributed by atoms with Crippen LogP contribution >= 0.6 is 0 Å². The lowest BCUT2D eigenvalue weighted by Gasteiger charge is -2.36. The maximum absolute atomic E-state index is 13.1. The summed E-state index contributed by atoms with van der Waals surface area (Å²) < 4.78 is 56.3. The Morgan fingerprint density at radius 2 is 1.61 bits per heavy atom. The summed E-state index contributed by atoms with van der Waals surface area (Å²) in [5.74, 6) is 1.45. The van der Waals surface area contributed by atoms with E-state index >= 15 is 0 Å². The normalized spacial score (nSPS) is 16.0. The molecule has 1 heterocycles. The molecule has 0 saturated carbocycles. The molecule has 1 aliphatic heterocycles. The van der Waals surface area contributed by atoms with Crippen molar-refractivity contribution in [3.63, 3.8) is 0 Å². The summed E-state index contributed by atoms with van der Waals surface area (Å²) in [4.78, 5) is 2.08. The van der Waals surface area contributed by atoms with Crippen LogP contribution in [0.4, 0.5) is 13.2 Å².